The number of rotatable bonds is 2. The molecule has 1 aromatic carbocycles. The highest BCUT2D eigenvalue weighted by atomic mass is 16.2. The van der Waals surface area contributed by atoms with Crippen LogP contribution in [0.15, 0.2) is 24.4 Å². The summed E-state index contributed by atoms with van der Waals surface area (Å²) in [7, 11) is 3.52. The molecule has 4 heteroatoms. The van der Waals surface area contributed by atoms with E-state index in [2.05, 4.69) is 5.10 Å². The average Bonchev–Trinajstić information content (AvgIpc) is 2.70. The molecule has 0 atom stereocenters. The van der Waals surface area contributed by atoms with Gasteiger partial charge in [-0.3, -0.25) is 9.48 Å². The minimum atomic E-state index is 0.0146. The number of hydrogen-bond acceptors (Lipinski definition) is 2. The second-order valence-electron chi connectivity index (χ2n) is 3.90. The van der Waals surface area contributed by atoms with Gasteiger partial charge < -0.3 is 4.90 Å². The number of hydrogen-bond donors (Lipinski definition) is 0. The van der Waals surface area contributed by atoms with Gasteiger partial charge in [-0.15, -0.1) is 0 Å². The molecule has 0 saturated carbocycles. The Bertz CT molecular complexity index is 528. The highest BCUT2D eigenvalue weighted by Gasteiger charge is 2.14. The van der Waals surface area contributed by atoms with E-state index in [1.807, 2.05) is 29.8 Å². The molecular weight excluding hydrogens is 202 g/mol. The van der Waals surface area contributed by atoms with Gasteiger partial charge in [0.15, 0.2) is 0 Å². The first-order valence-corrected chi connectivity index (χ1v) is 5.31. The summed E-state index contributed by atoms with van der Waals surface area (Å²) in [5.41, 5.74) is 1.63. The van der Waals surface area contributed by atoms with Gasteiger partial charge in [0.1, 0.15) is 0 Å². The fourth-order valence-electron chi connectivity index (χ4n) is 1.80. The van der Waals surface area contributed by atoms with Crippen molar-refractivity contribution in [2.24, 2.45) is 0 Å². The van der Waals surface area contributed by atoms with Crippen molar-refractivity contribution >= 4 is 16.8 Å². The number of aryl methyl sites for hydroxylation is 1. The molecule has 1 heterocycles. The van der Waals surface area contributed by atoms with Crippen LogP contribution in [-0.2, 0) is 6.54 Å². The summed E-state index contributed by atoms with van der Waals surface area (Å²) in [6.45, 7) is 2.78. The lowest BCUT2D eigenvalue weighted by Crippen LogP contribution is -2.22. The normalized spacial score (nSPS) is 10.7. The van der Waals surface area contributed by atoms with Crippen molar-refractivity contribution in [3.8, 4) is 0 Å². The lowest BCUT2D eigenvalue weighted by atomic mass is 10.1. The molecule has 0 unspecified atom stereocenters. The first kappa shape index (κ1) is 10.7. The lowest BCUT2D eigenvalue weighted by Gasteiger charge is -2.12. The molecule has 16 heavy (non-hydrogen) atoms. The summed E-state index contributed by atoms with van der Waals surface area (Å²) < 4.78 is 1.85. The molecule has 2 aromatic rings. The largest absolute Gasteiger partial charge is 0.345 e. The van der Waals surface area contributed by atoms with Gasteiger partial charge in [-0.05, 0) is 13.0 Å². The summed E-state index contributed by atoms with van der Waals surface area (Å²) in [5.74, 6) is 0.0146. The molecule has 0 spiro atoms. The molecular formula is C12H15N3O. The van der Waals surface area contributed by atoms with Crippen LogP contribution in [0, 0.1) is 0 Å². The quantitative estimate of drug-likeness (QED) is 0.768. The van der Waals surface area contributed by atoms with E-state index in [-0.39, 0.29) is 5.91 Å². The summed E-state index contributed by atoms with van der Waals surface area (Å²) in [5, 5.41) is 5.27. The molecule has 0 aliphatic heterocycles. The van der Waals surface area contributed by atoms with E-state index < -0.39 is 0 Å². The standard InChI is InChI=1S/C12H15N3O/c1-4-15-11-9(8-13-15)6-5-7-10(11)12(16)14(2)3/h5-8H,4H2,1-3H3. The number of para-hydroxylation sites is 1. The fourth-order valence-corrected chi connectivity index (χ4v) is 1.80. The van der Waals surface area contributed by atoms with E-state index in [4.69, 9.17) is 0 Å². The highest BCUT2D eigenvalue weighted by Crippen LogP contribution is 2.19. The van der Waals surface area contributed by atoms with Crippen LogP contribution in [0.2, 0.25) is 0 Å². The molecule has 0 radical (unpaired) electrons. The maximum absolute atomic E-state index is 12.0. The van der Waals surface area contributed by atoms with E-state index in [0.29, 0.717) is 5.56 Å². The number of nitrogens with zero attached hydrogens (tertiary/aromatic N) is 3. The summed E-state index contributed by atoms with van der Waals surface area (Å²) in [6, 6.07) is 5.71. The fraction of sp³-hybridized carbons (Fsp3) is 0.333. The molecule has 0 saturated heterocycles. The Labute approximate surface area is 94.5 Å². The van der Waals surface area contributed by atoms with Crippen LogP contribution < -0.4 is 0 Å². The topological polar surface area (TPSA) is 38.1 Å². The minimum Gasteiger partial charge on any atom is -0.345 e. The predicted octanol–water partition coefficient (Wildman–Crippen LogP) is 1.76. The number of fused-ring (bicyclic) bond motifs is 1. The zero-order valence-corrected chi connectivity index (χ0v) is 9.77. The Balaban J connectivity index is 2.68. The molecule has 4 nitrogen and oxygen atoms in total. The van der Waals surface area contributed by atoms with Crippen LogP contribution in [0.5, 0.6) is 0 Å². The van der Waals surface area contributed by atoms with Crippen LogP contribution in [0.1, 0.15) is 17.3 Å². The SMILES string of the molecule is CCn1ncc2cccc(C(=O)N(C)C)c21. The molecule has 0 aliphatic carbocycles. The molecule has 0 fully saturated rings. The lowest BCUT2D eigenvalue weighted by molar-refractivity contribution is 0.0829. The maximum atomic E-state index is 12.0. The van der Waals surface area contributed by atoms with Gasteiger partial charge in [0.05, 0.1) is 17.3 Å². The summed E-state index contributed by atoms with van der Waals surface area (Å²) in [6.07, 6.45) is 1.80. The van der Waals surface area contributed by atoms with Crippen LogP contribution in [-0.4, -0.2) is 34.7 Å². The number of benzene rings is 1. The van der Waals surface area contributed by atoms with Gasteiger partial charge >= 0.3 is 0 Å². The third-order valence-corrected chi connectivity index (χ3v) is 2.60. The second kappa shape index (κ2) is 3.96. The number of amides is 1. The van der Waals surface area contributed by atoms with Gasteiger partial charge in [0.2, 0.25) is 0 Å². The molecule has 1 aromatic heterocycles. The monoisotopic (exact) mass is 217 g/mol. The van der Waals surface area contributed by atoms with Crippen molar-refractivity contribution in [2.45, 2.75) is 13.5 Å². The Morgan fingerprint density at radius 1 is 1.44 bits per heavy atom. The van der Waals surface area contributed by atoms with Crippen molar-refractivity contribution < 1.29 is 4.79 Å². The Hall–Kier alpha value is -1.84. The first-order valence-electron chi connectivity index (χ1n) is 5.31. The summed E-state index contributed by atoms with van der Waals surface area (Å²) >= 11 is 0. The Kier molecular flexibility index (Phi) is 2.64. The number of carbonyl (C=O) groups is 1. The number of carbonyl (C=O) groups excluding carboxylic acids is 1. The Morgan fingerprint density at radius 2 is 2.19 bits per heavy atom. The minimum absolute atomic E-state index is 0.0146. The highest BCUT2D eigenvalue weighted by molar-refractivity contribution is 6.05. The predicted molar refractivity (Wildman–Crippen MR) is 63.4 cm³/mol. The van der Waals surface area contributed by atoms with E-state index >= 15 is 0 Å². The van der Waals surface area contributed by atoms with Crippen LogP contribution in [0.3, 0.4) is 0 Å². The van der Waals surface area contributed by atoms with Gasteiger partial charge in [-0.1, -0.05) is 12.1 Å². The van der Waals surface area contributed by atoms with Crippen LogP contribution in [0.4, 0.5) is 0 Å². The van der Waals surface area contributed by atoms with Crippen LogP contribution in [0.25, 0.3) is 10.9 Å². The van der Waals surface area contributed by atoms with E-state index in [1.54, 1.807) is 25.2 Å². The maximum Gasteiger partial charge on any atom is 0.255 e. The van der Waals surface area contributed by atoms with Crippen molar-refractivity contribution in [1.82, 2.24) is 14.7 Å². The molecule has 0 N–H and O–H groups in total. The first-order chi connectivity index (χ1) is 7.65. The number of aromatic nitrogens is 2. The van der Waals surface area contributed by atoms with E-state index in [9.17, 15) is 4.79 Å². The van der Waals surface area contributed by atoms with Crippen molar-refractivity contribution in [3.63, 3.8) is 0 Å². The second-order valence-corrected chi connectivity index (χ2v) is 3.90. The van der Waals surface area contributed by atoms with E-state index in [1.165, 1.54) is 0 Å². The molecule has 84 valence electrons. The Morgan fingerprint density at radius 3 is 2.81 bits per heavy atom. The van der Waals surface area contributed by atoms with Crippen molar-refractivity contribution in [3.05, 3.63) is 30.0 Å². The van der Waals surface area contributed by atoms with Gasteiger partial charge in [-0.25, -0.2) is 0 Å². The molecule has 2 rings (SSSR count). The molecule has 1 amide bonds. The van der Waals surface area contributed by atoms with Crippen LogP contribution >= 0.6 is 0 Å². The smallest absolute Gasteiger partial charge is 0.255 e. The summed E-state index contributed by atoms with van der Waals surface area (Å²) in [4.78, 5) is 13.6. The zero-order chi connectivity index (χ0) is 11.7. The molecule has 0 aliphatic rings. The third kappa shape index (κ3) is 1.56. The van der Waals surface area contributed by atoms with Gasteiger partial charge in [0.25, 0.3) is 5.91 Å². The zero-order valence-electron chi connectivity index (χ0n) is 9.77. The van der Waals surface area contributed by atoms with Crippen molar-refractivity contribution in [1.29, 1.82) is 0 Å². The van der Waals surface area contributed by atoms with Crippen molar-refractivity contribution in [2.75, 3.05) is 14.1 Å². The molecule has 0 bridgehead atoms. The average molecular weight is 217 g/mol. The van der Waals surface area contributed by atoms with Gasteiger partial charge in [0, 0.05) is 26.0 Å². The van der Waals surface area contributed by atoms with E-state index in [0.717, 1.165) is 17.4 Å². The van der Waals surface area contributed by atoms with Gasteiger partial charge in [-0.2, -0.15) is 5.10 Å². The third-order valence-electron chi connectivity index (χ3n) is 2.60.